The van der Waals surface area contributed by atoms with E-state index in [4.69, 9.17) is 48.7 Å². The zero-order valence-corrected chi connectivity index (χ0v) is 18.5. The molecule has 0 bridgehead atoms. The third kappa shape index (κ3) is 4.99. The molecule has 1 heterocycles. The summed E-state index contributed by atoms with van der Waals surface area (Å²) in [6.45, 7) is 0.677. The van der Waals surface area contributed by atoms with Gasteiger partial charge < -0.3 is 13.9 Å². The van der Waals surface area contributed by atoms with Crippen LogP contribution in [0.1, 0.15) is 6.42 Å². The molecule has 1 aromatic heterocycles. The Labute approximate surface area is 193 Å². The van der Waals surface area contributed by atoms with Crippen molar-refractivity contribution in [3.8, 4) is 22.8 Å². The van der Waals surface area contributed by atoms with Crippen LogP contribution in [-0.4, -0.2) is 13.2 Å². The van der Waals surface area contributed by atoms with Gasteiger partial charge in [-0.15, -0.1) is 0 Å². The number of hydrogen-bond acceptors (Lipinski definition) is 4. The first-order valence-electron chi connectivity index (χ1n) is 9.55. The van der Waals surface area contributed by atoms with E-state index in [1.54, 1.807) is 24.3 Å². The van der Waals surface area contributed by atoms with Crippen LogP contribution in [0.25, 0.3) is 22.3 Å². The van der Waals surface area contributed by atoms with Crippen molar-refractivity contribution in [2.75, 3.05) is 13.2 Å². The van der Waals surface area contributed by atoms with Crippen LogP contribution in [0.5, 0.6) is 11.5 Å². The maximum Gasteiger partial charge on any atom is 0.235 e. The molecule has 0 aliphatic rings. The van der Waals surface area contributed by atoms with E-state index < -0.39 is 0 Å². The quantitative estimate of drug-likeness (QED) is 0.264. The van der Waals surface area contributed by atoms with Crippen molar-refractivity contribution in [2.24, 2.45) is 0 Å². The molecule has 158 valence electrons. The number of benzene rings is 3. The van der Waals surface area contributed by atoms with E-state index in [1.165, 1.54) is 12.1 Å². The van der Waals surface area contributed by atoms with E-state index in [1.807, 2.05) is 30.3 Å². The summed E-state index contributed by atoms with van der Waals surface area (Å²) in [6, 6.07) is 19.4. The van der Waals surface area contributed by atoms with Gasteiger partial charge in [0.15, 0.2) is 11.3 Å². The van der Waals surface area contributed by atoms with Gasteiger partial charge in [0.05, 0.1) is 23.6 Å². The maximum absolute atomic E-state index is 13.2. The molecular weight excluding hydrogens is 459 g/mol. The summed E-state index contributed by atoms with van der Waals surface area (Å²) < 4.78 is 17.6. The average molecular weight is 476 g/mol. The SMILES string of the molecule is O=c1c(OCCCOc2ccc(Cl)cc2)c(-c2ccccc2)oc2c(Cl)cc(Cl)cc12. The number of ether oxygens (including phenoxy) is 2. The lowest BCUT2D eigenvalue weighted by molar-refractivity contribution is 0.244. The highest BCUT2D eigenvalue weighted by Crippen LogP contribution is 2.35. The Bertz CT molecular complexity index is 1250. The van der Waals surface area contributed by atoms with E-state index >= 15 is 0 Å². The van der Waals surface area contributed by atoms with Gasteiger partial charge in [0, 0.05) is 22.0 Å². The molecule has 0 fully saturated rings. The van der Waals surface area contributed by atoms with Crippen LogP contribution in [0.2, 0.25) is 15.1 Å². The van der Waals surface area contributed by atoms with Gasteiger partial charge in [0.1, 0.15) is 5.75 Å². The van der Waals surface area contributed by atoms with Crippen molar-refractivity contribution in [1.29, 1.82) is 0 Å². The van der Waals surface area contributed by atoms with Crippen LogP contribution in [0, 0.1) is 0 Å². The summed E-state index contributed by atoms with van der Waals surface area (Å²) in [7, 11) is 0. The summed E-state index contributed by atoms with van der Waals surface area (Å²) in [5.74, 6) is 1.15. The van der Waals surface area contributed by atoms with Crippen LogP contribution in [0.4, 0.5) is 0 Å². The van der Waals surface area contributed by atoms with Crippen molar-refractivity contribution >= 4 is 45.8 Å². The molecule has 0 saturated heterocycles. The van der Waals surface area contributed by atoms with Gasteiger partial charge in [0.25, 0.3) is 0 Å². The largest absolute Gasteiger partial charge is 0.493 e. The molecule has 3 aromatic carbocycles. The van der Waals surface area contributed by atoms with E-state index in [0.717, 1.165) is 0 Å². The second kappa shape index (κ2) is 9.65. The van der Waals surface area contributed by atoms with Gasteiger partial charge in [-0.1, -0.05) is 65.1 Å². The fourth-order valence-electron chi connectivity index (χ4n) is 3.07. The number of halogens is 3. The lowest BCUT2D eigenvalue weighted by Gasteiger charge is -2.13. The molecular formula is C24H17Cl3O4. The van der Waals surface area contributed by atoms with Gasteiger partial charge in [-0.05, 0) is 36.4 Å². The summed E-state index contributed by atoms with van der Waals surface area (Å²) in [4.78, 5) is 13.2. The molecule has 4 nitrogen and oxygen atoms in total. The standard InChI is InChI=1S/C24H17Cl3O4/c25-16-7-9-18(10-8-16)29-11-4-12-30-24-21(28)19-13-17(26)14-20(27)23(19)31-22(24)15-5-2-1-3-6-15/h1-3,5-10,13-14H,4,11-12H2. The minimum atomic E-state index is -0.330. The summed E-state index contributed by atoms with van der Waals surface area (Å²) in [6.07, 6.45) is 0.560. The van der Waals surface area contributed by atoms with E-state index in [9.17, 15) is 4.79 Å². The zero-order valence-electron chi connectivity index (χ0n) is 16.2. The highest BCUT2D eigenvalue weighted by molar-refractivity contribution is 6.38. The lowest BCUT2D eigenvalue weighted by atomic mass is 10.1. The van der Waals surface area contributed by atoms with Crippen LogP contribution in [-0.2, 0) is 0 Å². The van der Waals surface area contributed by atoms with Crippen molar-refractivity contribution in [1.82, 2.24) is 0 Å². The molecule has 4 aromatic rings. The molecule has 0 aliphatic heterocycles. The van der Waals surface area contributed by atoms with Crippen molar-refractivity contribution in [2.45, 2.75) is 6.42 Å². The first-order valence-corrected chi connectivity index (χ1v) is 10.7. The Hall–Kier alpha value is -2.66. The molecule has 0 N–H and O–H groups in total. The van der Waals surface area contributed by atoms with Gasteiger partial charge in [0.2, 0.25) is 11.2 Å². The van der Waals surface area contributed by atoms with Crippen molar-refractivity contribution in [3.63, 3.8) is 0 Å². The van der Waals surface area contributed by atoms with Crippen LogP contribution < -0.4 is 14.9 Å². The predicted octanol–water partition coefficient (Wildman–Crippen LogP) is 7.27. The zero-order chi connectivity index (χ0) is 21.8. The third-order valence-corrected chi connectivity index (χ3v) is 5.27. The molecule has 0 amide bonds. The van der Waals surface area contributed by atoms with Crippen molar-refractivity contribution < 1.29 is 13.9 Å². The predicted molar refractivity (Wildman–Crippen MR) is 125 cm³/mol. The molecule has 31 heavy (non-hydrogen) atoms. The Morgan fingerprint density at radius 1 is 0.806 bits per heavy atom. The summed E-state index contributed by atoms with van der Waals surface area (Å²) in [5, 5.41) is 1.52. The molecule has 0 saturated carbocycles. The summed E-state index contributed by atoms with van der Waals surface area (Å²) in [5.41, 5.74) is 0.649. The molecule has 4 rings (SSSR count). The Morgan fingerprint density at radius 2 is 1.52 bits per heavy atom. The summed E-state index contributed by atoms with van der Waals surface area (Å²) >= 11 is 18.2. The highest BCUT2D eigenvalue weighted by atomic mass is 35.5. The highest BCUT2D eigenvalue weighted by Gasteiger charge is 2.19. The maximum atomic E-state index is 13.2. The van der Waals surface area contributed by atoms with Gasteiger partial charge in [-0.3, -0.25) is 4.79 Å². The van der Waals surface area contributed by atoms with E-state index in [0.29, 0.717) is 40.1 Å². The monoisotopic (exact) mass is 474 g/mol. The minimum absolute atomic E-state index is 0.114. The topological polar surface area (TPSA) is 48.7 Å². The van der Waals surface area contributed by atoms with E-state index in [2.05, 4.69) is 0 Å². The number of fused-ring (bicyclic) bond motifs is 1. The fourth-order valence-corrected chi connectivity index (χ4v) is 3.73. The second-order valence-electron chi connectivity index (χ2n) is 6.72. The Morgan fingerprint density at radius 3 is 2.26 bits per heavy atom. The Kier molecular flexibility index (Phi) is 6.71. The van der Waals surface area contributed by atoms with Crippen molar-refractivity contribution in [3.05, 3.63) is 92.0 Å². The molecule has 0 unspecified atom stereocenters. The first kappa shape index (κ1) is 21.6. The molecule has 0 atom stereocenters. The molecule has 7 heteroatoms. The Balaban J connectivity index is 1.58. The van der Waals surface area contributed by atoms with Gasteiger partial charge in [-0.25, -0.2) is 0 Å². The first-order chi connectivity index (χ1) is 15.0. The average Bonchev–Trinajstić information content (AvgIpc) is 2.77. The van der Waals surface area contributed by atoms with Crippen LogP contribution in [0.3, 0.4) is 0 Å². The normalized spacial score (nSPS) is 10.9. The van der Waals surface area contributed by atoms with Gasteiger partial charge >= 0.3 is 0 Å². The smallest absolute Gasteiger partial charge is 0.235 e. The fraction of sp³-hybridized carbons (Fsp3) is 0.125. The number of rotatable bonds is 7. The van der Waals surface area contributed by atoms with Gasteiger partial charge in [-0.2, -0.15) is 0 Å². The number of hydrogen-bond donors (Lipinski definition) is 0. The third-order valence-electron chi connectivity index (χ3n) is 4.52. The van der Waals surface area contributed by atoms with Crippen LogP contribution in [0.15, 0.2) is 75.9 Å². The lowest BCUT2D eigenvalue weighted by Crippen LogP contribution is -2.13. The molecule has 0 spiro atoms. The van der Waals surface area contributed by atoms with Crippen LogP contribution >= 0.6 is 34.8 Å². The minimum Gasteiger partial charge on any atom is -0.493 e. The molecule has 0 radical (unpaired) electrons. The molecule has 0 aliphatic carbocycles. The van der Waals surface area contributed by atoms with E-state index in [-0.39, 0.29) is 33.8 Å². The second-order valence-corrected chi connectivity index (χ2v) is 8.00.